The number of halogens is 1. The average Bonchev–Trinajstić information content (AvgIpc) is 3.15. The number of nitrogens with zero attached hydrogens (tertiary/aromatic N) is 1. The number of ether oxygens (including phenoxy) is 1. The van der Waals surface area contributed by atoms with Crippen LogP contribution in [0.15, 0.2) is 24.3 Å². The molecule has 0 aromatic heterocycles. The third-order valence-electron chi connectivity index (χ3n) is 7.27. The van der Waals surface area contributed by atoms with Crippen molar-refractivity contribution < 1.29 is 29.0 Å². The van der Waals surface area contributed by atoms with Crippen LogP contribution in [0.25, 0.3) is 0 Å². The molecule has 10 nitrogen and oxygen atoms in total. The molecule has 2 fully saturated rings. The summed E-state index contributed by atoms with van der Waals surface area (Å²) in [6.45, 7) is 6.27. The number of piperidine rings is 1. The van der Waals surface area contributed by atoms with E-state index in [1.54, 1.807) is 36.1 Å². The Bertz CT molecular complexity index is 1010. The predicted octanol–water partition coefficient (Wildman–Crippen LogP) is 2.37. The minimum Gasteiger partial charge on any atom is -0.445 e. The summed E-state index contributed by atoms with van der Waals surface area (Å²) in [7, 11) is 0. The van der Waals surface area contributed by atoms with E-state index in [1.807, 2.05) is 13.8 Å². The van der Waals surface area contributed by atoms with Crippen molar-refractivity contribution in [2.75, 3.05) is 19.7 Å². The quantitative estimate of drug-likeness (QED) is 0.353. The molecule has 2 aliphatic rings. The van der Waals surface area contributed by atoms with Crippen molar-refractivity contribution in [1.82, 2.24) is 20.9 Å². The number of amides is 4. The lowest BCUT2D eigenvalue weighted by atomic mass is 9.82. The van der Waals surface area contributed by atoms with Crippen LogP contribution < -0.4 is 16.0 Å². The first-order chi connectivity index (χ1) is 18.0. The van der Waals surface area contributed by atoms with Gasteiger partial charge in [-0.25, -0.2) is 4.79 Å². The van der Waals surface area contributed by atoms with Gasteiger partial charge < -0.3 is 30.7 Å². The van der Waals surface area contributed by atoms with Crippen molar-refractivity contribution in [3.05, 3.63) is 34.9 Å². The van der Waals surface area contributed by atoms with E-state index in [1.165, 1.54) is 0 Å². The molecule has 4 amide bonds. The third-order valence-corrected chi connectivity index (χ3v) is 7.51. The van der Waals surface area contributed by atoms with Crippen LogP contribution in [0.1, 0.15) is 58.4 Å². The molecule has 0 aliphatic carbocycles. The van der Waals surface area contributed by atoms with Gasteiger partial charge in [0, 0.05) is 36.5 Å². The van der Waals surface area contributed by atoms with Gasteiger partial charge in [-0.05, 0) is 55.7 Å². The summed E-state index contributed by atoms with van der Waals surface area (Å²) < 4.78 is 5.27. The maximum absolute atomic E-state index is 13.1. The van der Waals surface area contributed by atoms with Crippen molar-refractivity contribution in [1.29, 1.82) is 0 Å². The number of likely N-dealkylation sites (tertiary alicyclic amines) is 1. The second-order valence-corrected chi connectivity index (χ2v) is 11.3. The van der Waals surface area contributed by atoms with Gasteiger partial charge >= 0.3 is 6.09 Å². The number of aliphatic hydroxyl groups excluding tert-OH is 1. The molecule has 2 heterocycles. The van der Waals surface area contributed by atoms with Gasteiger partial charge in [0.05, 0.1) is 12.6 Å². The highest BCUT2D eigenvalue weighted by molar-refractivity contribution is 6.30. The van der Waals surface area contributed by atoms with Gasteiger partial charge in [-0.2, -0.15) is 0 Å². The molecule has 1 aromatic carbocycles. The van der Waals surface area contributed by atoms with Crippen molar-refractivity contribution in [2.45, 2.75) is 77.1 Å². The molecule has 210 valence electrons. The first-order valence-electron chi connectivity index (χ1n) is 13.2. The van der Waals surface area contributed by atoms with E-state index >= 15 is 0 Å². The zero-order valence-electron chi connectivity index (χ0n) is 22.3. The smallest absolute Gasteiger partial charge is 0.408 e. The molecule has 4 N–H and O–H groups in total. The van der Waals surface area contributed by atoms with Gasteiger partial charge in [0.25, 0.3) is 0 Å². The number of carbonyl (C=O) groups excluding carboxylic acids is 4. The van der Waals surface area contributed by atoms with E-state index < -0.39 is 24.1 Å². The summed E-state index contributed by atoms with van der Waals surface area (Å²) in [5.41, 5.74) is 0.365. The SMILES string of the molecule is CC(=O)N1CCC2(CC1)CC(CC(CO)NC(=O)[C@H](CC(C)C)NC(=O)OCc1cccc(Cl)c1)C(=O)N2. The van der Waals surface area contributed by atoms with E-state index in [-0.39, 0.29) is 48.8 Å². The predicted molar refractivity (Wildman–Crippen MR) is 142 cm³/mol. The zero-order valence-corrected chi connectivity index (χ0v) is 23.1. The first kappa shape index (κ1) is 29.7. The van der Waals surface area contributed by atoms with E-state index in [4.69, 9.17) is 16.3 Å². The number of rotatable bonds is 10. The summed E-state index contributed by atoms with van der Waals surface area (Å²) in [4.78, 5) is 51.7. The molecule has 38 heavy (non-hydrogen) atoms. The van der Waals surface area contributed by atoms with Crippen LogP contribution in [0.4, 0.5) is 4.79 Å². The molecule has 3 atom stereocenters. The van der Waals surface area contributed by atoms with Crippen LogP contribution in [0.3, 0.4) is 0 Å². The molecule has 2 unspecified atom stereocenters. The normalized spacial score (nSPS) is 20.1. The molecular weight excluding hydrogens is 512 g/mol. The summed E-state index contributed by atoms with van der Waals surface area (Å²) >= 11 is 5.97. The minimum atomic E-state index is -0.865. The summed E-state index contributed by atoms with van der Waals surface area (Å²) in [5.74, 6) is -0.777. The Morgan fingerprint density at radius 3 is 2.55 bits per heavy atom. The Kier molecular flexibility index (Phi) is 10.4. The maximum Gasteiger partial charge on any atom is 0.408 e. The molecule has 3 rings (SSSR count). The van der Waals surface area contributed by atoms with E-state index in [2.05, 4.69) is 16.0 Å². The second-order valence-electron chi connectivity index (χ2n) is 10.8. The highest BCUT2D eigenvalue weighted by Crippen LogP contribution is 2.36. The zero-order chi connectivity index (χ0) is 27.9. The number of carbonyl (C=O) groups is 4. The molecular formula is C27H39ClN4O6. The minimum absolute atomic E-state index is 0.00436. The Morgan fingerprint density at radius 2 is 1.95 bits per heavy atom. The van der Waals surface area contributed by atoms with Crippen LogP contribution in [-0.2, 0) is 25.7 Å². The van der Waals surface area contributed by atoms with Crippen molar-refractivity contribution in [3.8, 4) is 0 Å². The number of hydrogen-bond donors (Lipinski definition) is 4. The lowest BCUT2D eigenvalue weighted by Gasteiger charge is -2.39. The number of alkyl carbamates (subject to hydrolysis) is 1. The summed E-state index contributed by atoms with van der Waals surface area (Å²) in [6.07, 6.45) is 1.87. The van der Waals surface area contributed by atoms with Crippen molar-refractivity contribution in [2.24, 2.45) is 11.8 Å². The van der Waals surface area contributed by atoms with Gasteiger partial charge in [-0.15, -0.1) is 0 Å². The van der Waals surface area contributed by atoms with Crippen LogP contribution in [-0.4, -0.2) is 71.1 Å². The van der Waals surface area contributed by atoms with Crippen molar-refractivity contribution in [3.63, 3.8) is 0 Å². The highest BCUT2D eigenvalue weighted by atomic mass is 35.5. The largest absolute Gasteiger partial charge is 0.445 e. The highest BCUT2D eigenvalue weighted by Gasteiger charge is 2.46. The number of hydrogen-bond acceptors (Lipinski definition) is 6. The number of aliphatic hydroxyl groups is 1. The van der Waals surface area contributed by atoms with Gasteiger partial charge in [0.2, 0.25) is 17.7 Å². The van der Waals surface area contributed by atoms with E-state index in [0.717, 1.165) is 5.56 Å². The van der Waals surface area contributed by atoms with Crippen molar-refractivity contribution >= 4 is 35.4 Å². The topological polar surface area (TPSA) is 137 Å². The lowest BCUT2D eigenvalue weighted by Crippen LogP contribution is -2.51. The fourth-order valence-corrected chi connectivity index (χ4v) is 5.45. The molecule has 1 spiro atoms. The van der Waals surface area contributed by atoms with Gasteiger partial charge in [-0.3, -0.25) is 14.4 Å². The van der Waals surface area contributed by atoms with Crippen LogP contribution >= 0.6 is 11.6 Å². The molecule has 2 saturated heterocycles. The molecule has 2 aliphatic heterocycles. The average molecular weight is 551 g/mol. The summed E-state index contributed by atoms with van der Waals surface area (Å²) in [5, 5.41) is 19.1. The van der Waals surface area contributed by atoms with Gasteiger partial charge in [0.15, 0.2) is 0 Å². The number of benzene rings is 1. The first-order valence-corrected chi connectivity index (χ1v) is 13.5. The van der Waals surface area contributed by atoms with Gasteiger partial charge in [0.1, 0.15) is 12.6 Å². The van der Waals surface area contributed by atoms with E-state index in [9.17, 15) is 24.3 Å². The molecule has 1 aromatic rings. The van der Waals surface area contributed by atoms with E-state index in [0.29, 0.717) is 43.8 Å². The third kappa shape index (κ3) is 8.33. The Labute approximate surface area is 228 Å². The molecule has 11 heteroatoms. The monoisotopic (exact) mass is 550 g/mol. The van der Waals surface area contributed by atoms with Gasteiger partial charge in [-0.1, -0.05) is 37.6 Å². The Morgan fingerprint density at radius 1 is 1.24 bits per heavy atom. The van der Waals surface area contributed by atoms with Crippen LogP contribution in [0.5, 0.6) is 0 Å². The number of nitrogens with one attached hydrogen (secondary N) is 3. The standard InChI is InChI=1S/C27H39ClN4O6/c1-17(2)11-23(30-26(37)38-16-19-5-4-6-21(28)12-19)25(36)29-22(15-33)13-20-14-27(31-24(20)35)7-9-32(10-8-27)18(3)34/h4-6,12,17,20,22-23,33H,7-11,13-16H2,1-3H3,(H,29,36)(H,30,37)(H,31,35)/t20?,22?,23-/m0/s1. The Balaban J connectivity index is 1.54. The maximum atomic E-state index is 13.1. The lowest BCUT2D eigenvalue weighted by molar-refractivity contribution is -0.130. The molecule has 0 saturated carbocycles. The van der Waals surface area contributed by atoms with Crippen LogP contribution in [0, 0.1) is 11.8 Å². The Hall–Kier alpha value is -2.85. The molecule has 0 bridgehead atoms. The molecule has 0 radical (unpaired) electrons. The van der Waals surface area contributed by atoms with Crippen LogP contribution in [0.2, 0.25) is 5.02 Å². The second kappa shape index (κ2) is 13.3. The fourth-order valence-electron chi connectivity index (χ4n) is 5.23. The fraction of sp³-hybridized carbons (Fsp3) is 0.630. The summed E-state index contributed by atoms with van der Waals surface area (Å²) in [6, 6.07) is 5.43.